The molecule has 0 fully saturated rings. The number of nitro benzene ring substituents is 1. The van der Waals surface area contributed by atoms with Gasteiger partial charge >= 0.3 is 0 Å². The number of imidazole rings is 1. The second-order valence-corrected chi connectivity index (χ2v) is 5.81. The molecule has 7 heteroatoms. The van der Waals surface area contributed by atoms with E-state index in [0.29, 0.717) is 23.2 Å². The quantitative estimate of drug-likeness (QED) is 0.369. The van der Waals surface area contributed by atoms with Crippen molar-refractivity contribution in [1.82, 2.24) is 9.55 Å². The Labute approximate surface area is 148 Å². The number of hydrogen-bond donors (Lipinski definition) is 0. The third-order valence-electron chi connectivity index (χ3n) is 3.62. The minimum atomic E-state index is -0.433. The first-order chi connectivity index (χ1) is 11.6. The molecule has 1 heterocycles. The van der Waals surface area contributed by atoms with Crippen molar-refractivity contribution in [2.75, 3.05) is 0 Å². The van der Waals surface area contributed by atoms with Gasteiger partial charge in [0.05, 0.1) is 23.0 Å². The lowest BCUT2D eigenvalue weighted by Gasteiger charge is -2.09. The van der Waals surface area contributed by atoms with Crippen molar-refractivity contribution in [2.45, 2.75) is 12.4 Å². The Kier molecular flexibility index (Phi) is 4.83. The Hall–Kier alpha value is -2.37. The normalized spacial score (nSPS) is 10.8. The van der Waals surface area contributed by atoms with Crippen LogP contribution >= 0.6 is 23.2 Å². The van der Waals surface area contributed by atoms with Crippen molar-refractivity contribution in [2.24, 2.45) is 0 Å². The molecule has 0 aliphatic heterocycles. The average molecular weight is 362 g/mol. The SMILES string of the molecule is O=[N+]([O-])c1ccc(-c2nc(CCl)c(Cl)n2Cc2ccccc2)cc1. The van der Waals surface area contributed by atoms with E-state index in [0.717, 1.165) is 11.1 Å². The van der Waals surface area contributed by atoms with Crippen LogP contribution in [-0.2, 0) is 12.4 Å². The summed E-state index contributed by atoms with van der Waals surface area (Å²) in [6.07, 6.45) is 0. The van der Waals surface area contributed by atoms with E-state index in [1.54, 1.807) is 12.1 Å². The summed E-state index contributed by atoms with van der Waals surface area (Å²) in [5, 5.41) is 11.3. The van der Waals surface area contributed by atoms with Crippen LogP contribution in [0.2, 0.25) is 5.15 Å². The zero-order valence-electron chi connectivity index (χ0n) is 12.5. The standard InChI is InChI=1S/C17H13Cl2N3O2/c18-10-15-16(19)21(11-12-4-2-1-3-5-12)17(20-15)13-6-8-14(9-7-13)22(23)24/h1-9H,10-11H2. The van der Waals surface area contributed by atoms with Crippen molar-refractivity contribution in [3.63, 3.8) is 0 Å². The van der Waals surface area contributed by atoms with Gasteiger partial charge in [0, 0.05) is 17.7 Å². The number of nitro groups is 1. The fraction of sp³-hybridized carbons (Fsp3) is 0.118. The van der Waals surface area contributed by atoms with E-state index in [2.05, 4.69) is 4.98 Å². The smallest absolute Gasteiger partial charge is 0.269 e. The summed E-state index contributed by atoms with van der Waals surface area (Å²) in [6.45, 7) is 0.538. The van der Waals surface area contributed by atoms with E-state index in [4.69, 9.17) is 23.2 Å². The summed E-state index contributed by atoms with van der Waals surface area (Å²) in [5.41, 5.74) is 2.43. The van der Waals surface area contributed by atoms with Crippen LogP contribution in [0.25, 0.3) is 11.4 Å². The summed E-state index contributed by atoms with van der Waals surface area (Å²) < 4.78 is 1.86. The lowest BCUT2D eigenvalue weighted by Crippen LogP contribution is -2.02. The van der Waals surface area contributed by atoms with Crippen molar-refractivity contribution in [3.8, 4) is 11.4 Å². The van der Waals surface area contributed by atoms with Gasteiger partial charge in [0.25, 0.3) is 5.69 Å². The van der Waals surface area contributed by atoms with Crippen LogP contribution in [0.4, 0.5) is 5.69 Å². The molecule has 1 aromatic heterocycles. The molecule has 0 unspecified atom stereocenters. The highest BCUT2D eigenvalue weighted by molar-refractivity contribution is 6.31. The molecule has 0 saturated heterocycles. The van der Waals surface area contributed by atoms with E-state index in [-0.39, 0.29) is 11.6 Å². The summed E-state index contributed by atoms with van der Waals surface area (Å²) >= 11 is 12.3. The van der Waals surface area contributed by atoms with Gasteiger partial charge in [-0.3, -0.25) is 10.1 Å². The first-order valence-electron chi connectivity index (χ1n) is 7.19. The van der Waals surface area contributed by atoms with Gasteiger partial charge in [0.1, 0.15) is 11.0 Å². The molecule has 0 bridgehead atoms. The van der Waals surface area contributed by atoms with Gasteiger partial charge in [-0.2, -0.15) is 0 Å². The molecule has 0 N–H and O–H groups in total. The maximum atomic E-state index is 10.8. The van der Waals surface area contributed by atoms with Gasteiger partial charge in [0.15, 0.2) is 0 Å². The number of alkyl halides is 1. The third kappa shape index (κ3) is 3.27. The fourth-order valence-electron chi connectivity index (χ4n) is 2.43. The van der Waals surface area contributed by atoms with Gasteiger partial charge in [-0.1, -0.05) is 41.9 Å². The van der Waals surface area contributed by atoms with Crippen LogP contribution in [0.5, 0.6) is 0 Å². The molecule has 0 saturated carbocycles. The Morgan fingerprint density at radius 2 is 1.75 bits per heavy atom. The van der Waals surface area contributed by atoms with Crippen LogP contribution < -0.4 is 0 Å². The molecule has 0 atom stereocenters. The largest absolute Gasteiger partial charge is 0.310 e. The van der Waals surface area contributed by atoms with Gasteiger partial charge in [-0.05, 0) is 17.7 Å². The molecule has 122 valence electrons. The average Bonchev–Trinajstić information content (AvgIpc) is 2.92. The van der Waals surface area contributed by atoms with Gasteiger partial charge in [0.2, 0.25) is 0 Å². The molecule has 0 aliphatic carbocycles. The highest BCUT2D eigenvalue weighted by atomic mass is 35.5. The molecular formula is C17H13Cl2N3O2. The summed E-state index contributed by atoms with van der Waals surface area (Å²) in [5.74, 6) is 0.829. The van der Waals surface area contributed by atoms with Gasteiger partial charge < -0.3 is 4.57 Å². The van der Waals surface area contributed by atoms with Crippen molar-refractivity contribution < 1.29 is 4.92 Å². The molecular weight excluding hydrogens is 349 g/mol. The molecule has 24 heavy (non-hydrogen) atoms. The van der Waals surface area contributed by atoms with Crippen LogP contribution in [0, 0.1) is 10.1 Å². The Morgan fingerprint density at radius 3 is 2.33 bits per heavy atom. The second kappa shape index (κ2) is 7.03. The van der Waals surface area contributed by atoms with E-state index in [1.807, 2.05) is 34.9 Å². The third-order valence-corrected chi connectivity index (χ3v) is 4.29. The summed E-state index contributed by atoms with van der Waals surface area (Å²) in [4.78, 5) is 14.9. The zero-order chi connectivity index (χ0) is 17.1. The molecule has 2 aromatic carbocycles. The van der Waals surface area contributed by atoms with E-state index >= 15 is 0 Å². The topological polar surface area (TPSA) is 61.0 Å². The maximum Gasteiger partial charge on any atom is 0.269 e. The van der Waals surface area contributed by atoms with E-state index in [1.165, 1.54) is 12.1 Å². The van der Waals surface area contributed by atoms with E-state index in [9.17, 15) is 10.1 Å². The summed E-state index contributed by atoms with van der Waals surface area (Å²) in [6, 6.07) is 16.1. The number of non-ortho nitro benzene ring substituents is 1. The second-order valence-electron chi connectivity index (χ2n) is 5.18. The molecule has 0 radical (unpaired) electrons. The predicted molar refractivity (Wildman–Crippen MR) is 94.4 cm³/mol. The molecule has 0 spiro atoms. The van der Waals surface area contributed by atoms with Crippen LogP contribution in [0.3, 0.4) is 0 Å². The first kappa shape index (κ1) is 16.5. The number of nitrogens with zero attached hydrogens (tertiary/aromatic N) is 3. The molecule has 3 aromatic rings. The van der Waals surface area contributed by atoms with E-state index < -0.39 is 4.92 Å². The Bertz CT molecular complexity index is 862. The van der Waals surface area contributed by atoms with Crippen molar-refractivity contribution in [3.05, 3.63) is 81.1 Å². The molecule has 5 nitrogen and oxygen atoms in total. The maximum absolute atomic E-state index is 10.8. The number of hydrogen-bond acceptors (Lipinski definition) is 3. The zero-order valence-corrected chi connectivity index (χ0v) is 14.0. The van der Waals surface area contributed by atoms with Crippen molar-refractivity contribution in [1.29, 1.82) is 0 Å². The number of halogens is 2. The Morgan fingerprint density at radius 1 is 1.08 bits per heavy atom. The Balaban J connectivity index is 2.05. The minimum Gasteiger partial charge on any atom is -0.310 e. The lowest BCUT2D eigenvalue weighted by molar-refractivity contribution is -0.384. The molecule has 3 rings (SSSR count). The lowest BCUT2D eigenvalue weighted by atomic mass is 10.2. The number of aromatic nitrogens is 2. The first-order valence-corrected chi connectivity index (χ1v) is 8.11. The number of benzene rings is 2. The number of rotatable bonds is 5. The minimum absolute atomic E-state index is 0.0311. The fourth-order valence-corrected chi connectivity index (χ4v) is 2.93. The molecule has 0 aliphatic rings. The summed E-state index contributed by atoms with van der Waals surface area (Å²) in [7, 11) is 0. The highest BCUT2D eigenvalue weighted by Gasteiger charge is 2.17. The van der Waals surface area contributed by atoms with Crippen molar-refractivity contribution >= 4 is 28.9 Å². The van der Waals surface area contributed by atoms with Gasteiger partial charge in [-0.25, -0.2) is 4.98 Å². The van der Waals surface area contributed by atoms with Crippen LogP contribution in [0.15, 0.2) is 54.6 Å². The molecule has 0 amide bonds. The highest BCUT2D eigenvalue weighted by Crippen LogP contribution is 2.29. The predicted octanol–water partition coefficient (Wildman–Crippen LogP) is 4.90. The van der Waals surface area contributed by atoms with Crippen LogP contribution in [-0.4, -0.2) is 14.5 Å². The van der Waals surface area contributed by atoms with Gasteiger partial charge in [-0.15, -0.1) is 11.6 Å². The monoisotopic (exact) mass is 361 g/mol. The van der Waals surface area contributed by atoms with Crippen LogP contribution in [0.1, 0.15) is 11.3 Å².